The van der Waals surface area contributed by atoms with Gasteiger partial charge in [-0.1, -0.05) is 64.2 Å². The number of rotatable bonds is 8. The number of thioether (sulfide) groups is 1. The summed E-state index contributed by atoms with van der Waals surface area (Å²) in [4.78, 5) is 15.1. The Morgan fingerprint density at radius 2 is 1.51 bits per heavy atom. The van der Waals surface area contributed by atoms with Crippen molar-refractivity contribution in [3.8, 4) is 5.69 Å². The molecular weight excluding hydrogens is 602 g/mol. The van der Waals surface area contributed by atoms with E-state index in [2.05, 4.69) is 20.0 Å². The average Bonchev–Trinajstić information content (AvgIpc) is 3.30. The van der Waals surface area contributed by atoms with Crippen molar-refractivity contribution in [3.05, 3.63) is 102 Å². The molecule has 3 aromatic carbocycles. The lowest BCUT2D eigenvalue weighted by Gasteiger charge is -2.35. The molecule has 39 heavy (non-hydrogen) atoms. The van der Waals surface area contributed by atoms with Gasteiger partial charge >= 0.3 is 0 Å². The first-order valence-electron chi connectivity index (χ1n) is 12.0. The normalized spacial score (nSPS) is 14.1. The molecule has 0 spiro atoms. The molecule has 1 aliphatic heterocycles. The van der Waals surface area contributed by atoms with Crippen molar-refractivity contribution in [2.24, 2.45) is 0 Å². The van der Waals surface area contributed by atoms with E-state index >= 15 is 0 Å². The number of benzene rings is 3. The van der Waals surface area contributed by atoms with Gasteiger partial charge in [0.2, 0.25) is 0 Å². The third kappa shape index (κ3) is 6.62. The van der Waals surface area contributed by atoms with E-state index in [0.717, 1.165) is 48.9 Å². The van der Waals surface area contributed by atoms with Gasteiger partial charge in [0.05, 0.1) is 22.2 Å². The molecule has 0 saturated carbocycles. The first-order valence-corrected chi connectivity index (χ1v) is 14.5. The fraction of sp³-hybridized carbons (Fsp3) is 0.231. The highest BCUT2D eigenvalue weighted by Crippen LogP contribution is 2.33. The van der Waals surface area contributed by atoms with Crippen LogP contribution in [0.4, 0.5) is 11.4 Å². The molecule has 0 N–H and O–H groups in total. The number of anilines is 1. The van der Waals surface area contributed by atoms with Gasteiger partial charge in [0.15, 0.2) is 11.0 Å². The number of hydrogen-bond acceptors (Lipinski definition) is 7. The summed E-state index contributed by atoms with van der Waals surface area (Å²) in [6, 6.07) is 17.5. The molecular formula is C26H22Cl4N6O2S. The number of nitro benzene ring substituents is 1. The van der Waals surface area contributed by atoms with Crippen molar-refractivity contribution in [1.29, 1.82) is 0 Å². The third-order valence-corrected chi connectivity index (χ3v) is 8.49. The Bertz CT molecular complexity index is 1490. The van der Waals surface area contributed by atoms with Crippen molar-refractivity contribution in [2.75, 3.05) is 31.1 Å². The predicted octanol–water partition coefficient (Wildman–Crippen LogP) is 7.40. The van der Waals surface area contributed by atoms with E-state index in [1.807, 2.05) is 22.8 Å². The minimum absolute atomic E-state index is 0.0876. The predicted molar refractivity (Wildman–Crippen MR) is 158 cm³/mol. The standard InChI is InChI=1S/C26H22Cl4N6O2S/c27-18-2-1-17(22(29)13-18)16-39-26-32-31-25(35(26)24-8-3-19(28)14-23(24)30)15-33-9-11-34(12-10-33)20-4-6-21(7-5-20)36(37)38/h1-8,13-14H,9-12,15-16H2. The van der Waals surface area contributed by atoms with Gasteiger partial charge < -0.3 is 4.90 Å². The summed E-state index contributed by atoms with van der Waals surface area (Å²) in [5.74, 6) is 1.33. The van der Waals surface area contributed by atoms with E-state index in [1.54, 1.807) is 30.3 Å². The number of halogens is 4. The summed E-state index contributed by atoms with van der Waals surface area (Å²) in [5.41, 5.74) is 2.74. The fourth-order valence-electron chi connectivity index (χ4n) is 4.33. The van der Waals surface area contributed by atoms with E-state index in [-0.39, 0.29) is 10.6 Å². The average molecular weight is 624 g/mol. The summed E-state index contributed by atoms with van der Waals surface area (Å²) in [6.07, 6.45) is 0. The molecule has 0 bridgehead atoms. The molecule has 0 aliphatic carbocycles. The maximum Gasteiger partial charge on any atom is 0.269 e. The Morgan fingerprint density at radius 3 is 2.15 bits per heavy atom. The Labute approximate surface area is 249 Å². The van der Waals surface area contributed by atoms with E-state index < -0.39 is 0 Å². The zero-order valence-corrected chi connectivity index (χ0v) is 24.3. The Morgan fingerprint density at radius 1 is 0.846 bits per heavy atom. The van der Waals surface area contributed by atoms with Crippen LogP contribution in [0.1, 0.15) is 11.4 Å². The zero-order chi connectivity index (χ0) is 27.5. The van der Waals surface area contributed by atoms with Crippen LogP contribution in [-0.4, -0.2) is 50.8 Å². The summed E-state index contributed by atoms with van der Waals surface area (Å²) >= 11 is 26.7. The lowest BCUT2D eigenvalue weighted by molar-refractivity contribution is -0.384. The summed E-state index contributed by atoms with van der Waals surface area (Å²) in [6.45, 7) is 3.72. The summed E-state index contributed by atoms with van der Waals surface area (Å²) in [7, 11) is 0. The number of piperazine rings is 1. The van der Waals surface area contributed by atoms with E-state index in [9.17, 15) is 10.1 Å². The number of nitro groups is 1. The monoisotopic (exact) mass is 622 g/mol. The number of aromatic nitrogens is 3. The molecule has 0 atom stereocenters. The quantitative estimate of drug-likeness (QED) is 0.115. The van der Waals surface area contributed by atoms with Crippen molar-refractivity contribution < 1.29 is 4.92 Å². The van der Waals surface area contributed by atoms with Gasteiger partial charge in [-0.3, -0.25) is 19.6 Å². The van der Waals surface area contributed by atoms with Crippen LogP contribution in [-0.2, 0) is 12.3 Å². The molecule has 1 aliphatic rings. The van der Waals surface area contributed by atoms with E-state index in [4.69, 9.17) is 46.4 Å². The number of hydrogen-bond donors (Lipinski definition) is 0. The first kappa shape index (κ1) is 28.0. The summed E-state index contributed by atoms with van der Waals surface area (Å²) < 4.78 is 1.97. The molecule has 1 saturated heterocycles. The second kappa shape index (κ2) is 12.3. The Hall–Kier alpha value is -2.53. The first-order chi connectivity index (χ1) is 18.8. The van der Waals surface area contributed by atoms with Gasteiger partial charge in [-0.25, -0.2) is 0 Å². The molecule has 202 valence electrons. The van der Waals surface area contributed by atoms with Crippen LogP contribution in [0, 0.1) is 10.1 Å². The molecule has 0 amide bonds. The molecule has 1 fully saturated rings. The minimum atomic E-state index is -0.387. The maximum absolute atomic E-state index is 11.0. The second-order valence-corrected chi connectivity index (χ2v) is 11.5. The fourth-order valence-corrected chi connectivity index (χ4v) is 6.35. The highest BCUT2D eigenvalue weighted by atomic mass is 35.5. The van der Waals surface area contributed by atoms with Crippen molar-refractivity contribution >= 4 is 69.5 Å². The molecule has 0 unspecified atom stereocenters. The van der Waals surface area contributed by atoms with Gasteiger partial charge in [-0.2, -0.15) is 0 Å². The van der Waals surface area contributed by atoms with Gasteiger partial charge in [-0.15, -0.1) is 10.2 Å². The topological polar surface area (TPSA) is 80.3 Å². The summed E-state index contributed by atoms with van der Waals surface area (Å²) in [5, 5.41) is 22.9. The lowest BCUT2D eigenvalue weighted by Crippen LogP contribution is -2.46. The smallest absolute Gasteiger partial charge is 0.269 e. The van der Waals surface area contributed by atoms with Crippen molar-refractivity contribution in [2.45, 2.75) is 17.5 Å². The van der Waals surface area contributed by atoms with Crippen LogP contribution in [0.3, 0.4) is 0 Å². The molecule has 4 aromatic rings. The molecule has 0 radical (unpaired) electrons. The molecule has 5 rings (SSSR count). The molecule has 8 nitrogen and oxygen atoms in total. The largest absolute Gasteiger partial charge is 0.369 e. The van der Waals surface area contributed by atoms with Gasteiger partial charge in [0.1, 0.15) is 0 Å². The highest BCUT2D eigenvalue weighted by molar-refractivity contribution is 7.98. The molecule has 1 aromatic heterocycles. The van der Waals surface area contributed by atoms with Crippen LogP contribution in [0.5, 0.6) is 0 Å². The van der Waals surface area contributed by atoms with Gasteiger partial charge in [0, 0.05) is 64.8 Å². The number of nitrogens with zero attached hydrogens (tertiary/aromatic N) is 6. The van der Waals surface area contributed by atoms with E-state index in [1.165, 1.54) is 23.9 Å². The molecule has 2 heterocycles. The van der Waals surface area contributed by atoms with Crippen LogP contribution < -0.4 is 4.90 Å². The van der Waals surface area contributed by atoms with E-state index in [0.29, 0.717) is 37.5 Å². The van der Waals surface area contributed by atoms with Gasteiger partial charge in [0.25, 0.3) is 5.69 Å². The highest BCUT2D eigenvalue weighted by Gasteiger charge is 2.23. The third-order valence-electron chi connectivity index (χ3n) is 6.39. The van der Waals surface area contributed by atoms with Crippen LogP contribution in [0.15, 0.2) is 65.8 Å². The maximum atomic E-state index is 11.0. The van der Waals surface area contributed by atoms with Crippen LogP contribution >= 0.6 is 58.2 Å². The Kier molecular flexibility index (Phi) is 8.86. The minimum Gasteiger partial charge on any atom is -0.369 e. The Balaban J connectivity index is 1.33. The van der Waals surface area contributed by atoms with Gasteiger partial charge in [-0.05, 0) is 48.0 Å². The zero-order valence-electron chi connectivity index (χ0n) is 20.4. The number of non-ortho nitro benzene ring substituents is 1. The lowest BCUT2D eigenvalue weighted by atomic mass is 10.2. The second-order valence-electron chi connectivity index (χ2n) is 8.89. The van der Waals surface area contributed by atoms with Crippen LogP contribution in [0.2, 0.25) is 20.1 Å². The SMILES string of the molecule is O=[N+]([O-])c1ccc(N2CCN(Cc3nnc(SCc4ccc(Cl)cc4Cl)n3-c3ccc(Cl)cc3Cl)CC2)cc1. The van der Waals surface area contributed by atoms with Crippen LogP contribution in [0.25, 0.3) is 5.69 Å². The molecule has 13 heteroatoms. The van der Waals surface area contributed by atoms with Crippen molar-refractivity contribution in [1.82, 2.24) is 19.7 Å². The van der Waals surface area contributed by atoms with Crippen molar-refractivity contribution in [3.63, 3.8) is 0 Å².